The lowest BCUT2D eigenvalue weighted by Crippen LogP contribution is -2.23. The molecule has 1 aliphatic rings. The van der Waals surface area contributed by atoms with Gasteiger partial charge in [0.05, 0.1) is 12.7 Å². The minimum Gasteiger partial charge on any atom is -0.381 e. The molecule has 15 heavy (non-hydrogen) atoms. The Morgan fingerprint density at radius 1 is 1.33 bits per heavy atom. The van der Waals surface area contributed by atoms with E-state index in [4.69, 9.17) is 9.47 Å². The van der Waals surface area contributed by atoms with E-state index in [-0.39, 0.29) is 0 Å². The fraction of sp³-hybridized carbons (Fsp3) is 0.500. The van der Waals surface area contributed by atoms with Crippen LogP contribution in [0.5, 0.6) is 0 Å². The van der Waals surface area contributed by atoms with E-state index < -0.39 is 0 Å². The minimum atomic E-state index is 0.373. The van der Waals surface area contributed by atoms with Gasteiger partial charge in [-0.05, 0) is 30.5 Å². The van der Waals surface area contributed by atoms with Gasteiger partial charge in [-0.15, -0.1) is 0 Å². The largest absolute Gasteiger partial charge is 0.381 e. The first-order valence-corrected chi connectivity index (χ1v) is 6.08. The number of rotatable bonds is 3. The highest BCUT2D eigenvalue weighted by Crippen LogP contribution is 2.16. The first kappa shape index (κ1) is 11.1. The Kier molecular flexibility index (Phi) is 4.18. The maximum absolute atomic E-state index is 5.82. The van der Waals surface area contributed by atoms with Crippen LogP contribution >= 0.6 is 15.9 Å². The minimum absolute atomic E-state index is 0.373. The molecule has 0 bridgehead atoms. The molecule has 1 heterocycles. The molecule has 0 aliphatic carbocycles. The summed E-state index contributed by atoms with van der Waals surface area (Å²) in [6.45, 7) is 2.37. The normalized spacial score (nSPS) is 17.9. The topological polar surface area (TPSA) is 18.5 Å². The van der Waals surface area contributed by atoms with E-state index in [0.717, 1.165) is 30.5 Å². The highest BCUT2D eigenvalue weighted by atomic mass is 79.9. The highest BCUT2D eigenvalue weighted by molar-refractivity contribution is 9.10. The fourth-order valence-electron chi connectivity index (χ4n) is 1.68. The fourth-order valence-corrected chi connectivity index (χ4v) is 2.13. The van der Waals surface area contributed by atoms with Crippen LogP contribution in [0.15, 0.2) is 28.7 Å². The molecule has 0 saturated carbocycles. The summed E-state index contributed by atoms with van der Waals surface area (Å²) in [6, 6.07) is 8.24. The predicted octanol–water partition coefficient (Wildman–Crippen LogP) is 3.14. The zero-order chi connectivity index (χ0) is 10.5. The summed E-state index contributed by atoms with van der Waals surface area (Å²) < 4.78 is 12.2. The molecule has 1 saturated heterocycles. The third kappa shape index (κ3) is 3.59. The first-order valence-electron chi connectivity index (χ1n) is 5.28. The molecule has 0 atom stereocenters. The molecule has 0 spiro atoms. The van der Waals surface area contributed by atoms with Gasteiger partial charge in [-0.2, -0.15) is 0 Å². The molecule has 0 aromatic heterocycles. The van der Waals surface area contributed by atoms with Crippen LogP contribution in [-0.4, -0.2) is 19.3 Å². The van der Waals surface area contributed by atoms with E-state index in [9.17, 15) is 0 Å². The number of ether oxygens (including phenoxy) is 2. The third-order valence-corrected chi connectivity index (χ3v) is 3.04. The van der Waals surface area contributed by atoms with E-state index in [1.807, 2.05) is 12.1 Å². The molecule has 2 nitrogen and oxygen atoms in total. The summed E-state index contributed by atoms with van der Waals surface area (Å²) in [6.07, 6.45) is 2.42. The van der Waals surface area contributed by atoms with Gasteiger partial charge in [-0.3, -0.25) is 0 Å². The van der Waals surface area contributed by atoms with Crippen molar-refractivity contribution in [2.24, 2.45) is 0 Å². The summed E-state index contributed by atoms with van der Waals surface area (Å²) in [4.78, 5) is 0. The van der Waals surface area contributed by atoms with E-state index in [0.29, 0.717) is 12.7 Å². The lowest BCUT2D eigenvalue weighted by molar-refractivity contribution is -0.0390. The van der Waals surface area contributed by atoms with Crippen LogP contribution < -0.4 is 0 Å². The van der Waals surface area contributed by atoms with Gasteiger partial charge in [0.2, 0.25) is 0 Å². The molecule has 0 N–H and O–H groups in total. The number of halogens is 1. The van der Waals surface area contributed by atoms with Crippen molar-refractivity contribution >= 4 is 15.9 Å². The van der Waals surface area contributed by atoms with Crippen molar-refractivity contribution in [1.82, 2.24) is 0 Å². The predicted molar refractivity (Wildman–Crippen MR) is 62.8 cm³/mol. The molecule has 82 valence electrons. The molecule has 1 aromatic rings. The maximum Gasteiger partial charge on any atom is 0.0721 e. The number of hydrogen-bond acceptors (Lipinski definition) is 2. The van der Waals surface area contributed by atoms with E-state index in [2.05, 4.69) is 28.1 Å². The average Bonchev–Trinajstić information content (AvgIpc) is 2.28. The standard InChI is InChI=1S/C12H15BrO2/c13-11-3-1-2-10(8-11)9-15-12-4-6-14-7-5-12/h1-3,8,12H,4-7,9H2. The van der Waals surface area contributed by atoms with Crippen molar-refractivity contribution in [3.63, 3.8) is 0 Å². The van der Waals surface area contributed by atoms with Gasteiger partial charge >= 0.3 is 0 Å². The summed E-state index contributed by atoms with van der Waals surface area (Å²) in [5.41, 5.74) is 1.22. The highest BCUT2D eigenvalue weighted by Gasteiger charge is 2.13. The second kappa shape index (κ2) is 5.64. The summed E-state index contributed by atoms with van der Waals surface area (Å²) in [7, 11) is 0. The van der Waals surface area contributed by atoms with Gasteiger partial charge in [-0.1, -0.05) is 28.1 Å². The molecule has 2 rings (SSSR count). The van der Waals surface area contributed by atoms with Crippen molar-refractivity contribution in [3.05, 3.63) is 34.3 Å². The van der Waals surface area contributed by atoms with Gasteiger partial charge in [0, 0.05) is 17.7 Å². The smallest absolute Gasteiger partial charge is 0.0721 e. The molecule has 0 amide bonds. The van der Waals surface area contributed by atoms with Gasteiger partial charge in [-0.25, -0.2) is 0 Å². The molecule has 0 radical (unpaired) electrons. The van der Waals surface area contributed by atoms with Crippen molar-refractivity contribution in [2.45, 2.75) is 25.6 Å². The van der Waals surface area contributed by atoms with Crippen molar-refractivity contribution in [3.8, 4) is 0 Å². The average molecular weight is 271 g/mol. The van der Waals surface area contributed by atoms with Crippen LogP contribution in [0, 0.1) is 0 Å². The third-order valence-electron chi connectivity index (χ3n) is 2.54. The van der Waals surface area contributed by atoms with E-state index in [1.165, 1.54) is 5.56 Å². The molecule has 1 aromatic carbocycles. The lowest BCUT2D eigenvalue weighted by atomic mass is 10.1. The summed E-state index contributed by atoms with van der Waals surface area (Å²) in [5, 5.41) is 0. The van der Waals surface area contributed by atoms with Gasteiger partial charge in [0.25, 0.3) is 0 Å². The Morgan fingerprint density at radius 2 is 2.13 bits per heavy atom. The Hall–Kier alpha value is -0.380. The van der Waals surface area contributed by atoms with Crippen molar-refractivity contribution in [2.75, 3.05) is 13.2 Å². The molecular weight excluding hydrogens is 256 g/mol. The van der Waals surface area contributed by atoms with Crippen LogP contribution in [0.2, 0.25) is 0 Å². The maximum atomic E-state index is 5.82. The monoisotopic (exact) mass is 270 g/mol. The number of benzene rings is 1. The molecule has 0 unspecified atom stereocenters. The quantitative estimate of drug-likeness (QED) is 0.840. The Bertz CT molecular complexity index is 308. The zero-order valence-corrected chi connectivity index (χ0v) is 10.2. The lowest BCUT2D eigenvalue weighted by Gasteiger charge is -2.22. The molecule has 3 heteroatoms. The van der Waals surface area contributed by atoms with Crippen LogP contribution in [0.25, 0.3) is 0 Å². The molecular formula is C12H15BrO2. The van der Waals surface area contributed by atoms with Crippen molar-refractivity contribution in [1.29, 1.82) is 0 Å². The van der Waals surface area contributed by atoms with Gasteiger partial charge in [0.1, 0.15) is 0 Å². The van der Waals surface area contributed by atoms with Gasteiger partial charge in [0.15, 0.2) is 0 Å². The molecule has 1 aliphatic heterocycles. The molecule has 1 fully saturated rings. The Morgan fingerprint density at radius 3 is 2.87 bits per heavy atom. The SMILES string of the molecule is Brc1cccc(COC2CCOCC2)c1. The summed E-state index contributed by atoms with van der Waals surface area (Å²) in [5.74, 6) is 0. The zero-order valence-electron chi connectivity index (χ0n) is 8.62. The van der Waals surface area contributed by atoms with Crippen LogP contribution in [0.4, 0.5) is 0 Å². The van der Waals surface area contributed by atoms with Crippen LogP contribution in [0.1, 0.15) is 18.4 Å². The van der Waals surface area contributed by atoms with E-state index >= 15 is 0 Å². The second-order valence-corrected chi connectivity index (χ2v) is 4.67. The van der Waals surface area contributed by atoms with Crippen LogP contribution in [0.3, 0.4) is 0 Å². The number of hydrogen-bond donors (Lipinski definition) is 0. The Labute approximate surface area is 98.7 Å². The Balaban J connectivity index is 1.81. The first-order chi connectivity index (χ1) is 7.34. The second-order valence-electron chi connectivity index (χ2n) is 3.75. The van der Waals surface area contributed by atoms with E-state index in [1.54, 1.807) is 0 Å². The van der Waals surface area contributed by atoms with Crippen LogP contribution in [-0.2, 0) is 16.1 Å². The summed E-state index contributed by atoms with van der Waals surface area (Å²) >= 11 is 3.45. The van der Waals surface area contributed by atoms with Crippen molar-refractivity contribution < 1.29 is 9.47 Å². The van der Waals surface area contributed by atoms with Gasteiger partial charge < -0.3 is 9.47 Å².